The van der Waals surface area contributed by atoms with E-state index in [0.29, 0.717) is 18.7 Å². The van der Waals surface area contributed by atoms with E-state index in [2.05, 4.69) is 5.32 Å². The molecule has 21 heavy (non-hydrogen) atoms. The van der Waals surface area contributed by atoms with Crippen LogP contribution in [0.15, 0.2) is 18.2 Å². The molecule has 0 bridgehead atoms. The highest BCUT2D eigenvalue weighted by Crippen LogP contribution is 2.48. The molecule has 0 heterocycles. The van der Waals surface area contributed by atoms with Crippen LogP contribution in [0.25, 0.3) is 0 Å². The van der Waals surface area contributed by atoms with Gasteiger partial charge in [0.2, 0.25) is 0 Å². The summed E-state index contributed by atoms with van der Waals surface area (Å²) in [5.41, 5.74) is 0.274. The first-order valence-corrected chi connectivity index (χ1v) is 7.06. The number of nitro benzene ring substituents is 1. The molecular formula is C14H17ClN2O4. The lowest BCUT2D eigenvalue weighted by Gasteiger charge is -2.15. The van der Waals surface area contributed by atoms with Crippen molar-refractivity contribution in [3.8, 4) is 0 Å². The molecule has 0 atom stereocenters. The topological polar surface area (TPSA) is 81.5 Å². The van der Waals surface area contributed by atoms with Crippen LogP contribution in [-0.2, 0) is 4.74 Å². The number of amides is 1. The Labute approximate surface area is 127 Å². The SMILES string of the molecule is COCCC1(CNC(=O)c2ccc([N+](=O)[O-])c(Cl)c2)CC1. The molecule has 1 fully saturated rings. The smallest absolute Gasteiger partial charge is 0.287 e. The molecule has 0 spiro atoms. The minimum absolute atomic E-state index is 0.0341. The molecule has 2 rings (SSSR count). The second-order valence-corrected chi connectivity index (χ2v) is 5.76. The van der Waals surface area contributed by atoms with Gasteiger partial charge in [0.15, 0.2) is 0 Å². The number of nitrogens with zero attached hydrogens (tertiary/aromatic N) is 1. The van der Waals surface area contributed by atoms with Crippen molar-refractivity contribution in [1.29, 1.82) is 0 Å². The molecule has 1 aromatic rings. The lowest BCUT2D eigenvalue weighted by Crippen LogP contribution is -2.30. The van der Waals surface area contributed by atoms with E-state index in [-0.39, 0.29) is 22.0 Å². The normalized spacial score (nSPS) is 15.5. The van der Waals surface area contributed by atoms with Gasteiger partial charge in [-0.3, -0.25) is 14.9 Å². The van der Waals surface area contributed by atoms with Crippen molar-refractivity contribution < 1.29 is 14.5 Å². The molecule has 6 nitrogen and oxygen atoms in total. The van der Waals surface area contributed by atoms with Gasteiger partial charge in [-0.15, -0.1) is 0 Å². The number of benzene rings is 1. The predicted molar refractivity (Wildman–Crippen MR) is 78.6 cm³/mol. The summed E-state index contributed by atoms with van der Waals surface area (Å²) in [6.45, 7) is 1.27. The first-order valence-electron chi connectivity index (χ1n) is 6.68. The maximum atomic E-state index is 12.1. The van der Waals surface area contributed by atoms with Crippen LogP contribution in [0.4, 0.5) is 5.69 Å². The van der Waals surface area contributed by atoms with Crippen molar-refractivity contribution in [1.82, 2.24) is 5.32 Å². The number of methoxy groups -OCH3 is 1. The largest absolute Gasteiger partial charge is 0.385 e. The van der Waals surface area contributed by atoms with E-state index in [1.54, 1.807) is 7.11 Å². The summed E-state index contributed by atoms with van der Waals surface area (Å²) in [4.78, 5) is 22.2. The average molecular weight is 313 g/mol. The number of nitro groups is 1. The molecule has 1 amide bonds. The number of carbonyl (C=O) groups excluding carboxylic acids is 1. The second kappa shape index (κ2) is 6.41. The maximum absolute atomic E-state index is 12.1. The summed E-state index contributed by atoms with van der Waals surface area (Å²) < 4.78 is 5.07. The first-order chi connectivity index (χ1) is 9.97. The Bertz CT molecular complexity index is 558. The Morgan fingerprint density at radius 1 is 1.52 bits per heavy atom. The Balaban J connectivity index is 1.95. The van der Waals surface area contributed by atoms with Crippen LogP contribution in [0, 0.1) is 15.5 Å². The van der Waals surface area contributed by atoms with Crippen LogP contribution >= 0.6 is 11.6 Å². The minimum atomic E-state index is -0.575. The molecule has 0 aliphatic heterocycles. The van der Waals surface area contributed by atoms with Gasteiger partial charge in [0.05, 0.1) is 4.92 Å². The second-order valence-electron chi connectivity index (χ2n) is 5.35. The molecule has 1 saturated carbocycles. The third kappa shape index (κ3) is 3.92. The van der Waals surface area contributed by atoms with E-state index in [1.165, 1.54) is 18.2 Å². The van der Waals surface area contributed by atoms with Crippen LogP contribution < -0.4 is 5.32 Å². The van der Waals surface area contributed by atoms with Crippen molar-refractivity contribution in [3.63, 3.8) is 0 Å². The van der Waals surface area contributed by atoms with E-state index in [0.717, 1.165) is 19.3 Å². The van der Waals surface area contributed by atoms with Crippen LogP contribution in [0.3, 0.4) is 0 Å². The van der Waals surface area contributed by atoms with Crippen molar-refractivity contribution in [2.75, 3.05) is 20.3 Å². The van der Waals surface area contributed by atoms with Gasteiger partial charge < -0.3 is 10.1 Å². The molecule has 1 N–H and O–H groups in total. The molecule has 0 saturated heterocycles. The highest BCUT2D eigenvalue weighted by atomic mass is 35.5. The summed E-state index contributed by atoms with van der Waals surface area (Å²) in [6.07, 6.45) is 3.08. The number of hydrogen-bond donors (Lipinski definition) is 1. The molecule has 1 aliphatic rings. The standard InChI is InChI=1S/C14H17ClN2O4/c1-21-7-6-14(4-5-14)9-16-13(18)10-2-3-12(17(19)20)11(15)8-10/h2-3,8H,4-7,9H2,1H3,(H,16,18). The summed E-state index contributed by atoms with van der Waals surface area (Å²) in [7, 11) is 1.66. The third-order valence-electron chi connectivity index (χ3n) is 3.82. The quantitative estimate of drug-likeness (QED) is 0.620. The molecule has 0 unspecified atom stereocenters. The van der Waals surface area contributed by atoms with Crippen LogP contribution in [-0.4, -0.2) is 31.1 Å². The molecule has 1 aliphatic carbocycles. The van der Waals surface area contributed by atoms with Crippen LogP contribution in [0.2, 0.25) is 5.02 Å². The number of hydrogen-bond acceptors (Lipinski definition) is 4. The zero-order valence-electron chi connectivity index (χ0n) is 11.7. The zero-order valence-corrected chi connectivity index (χ0v) is 12.5. The average Bonchev–Trinajstić information content (AvgIpc) is 3.22. The molecular weight excluding hydrogens is 296 g/mol. The van der Waals surface area contributed by atoms with E-state index in [1.807, 2.05) is 0 Å². The number of rotatable bonds is 7. The number of carbonyl (C=O) groups is 1. The monoisotopic (exact) mass is 312 g/mol. The molecule has 0 radical (unpaired) electrons. The zero-order chi connectivity index (χ0) is 15.5. The Kier molecular flexibility index (Phi) is 4.80. The minimum Gasteiger partial charge on any atom is -0.385 e. The third-order valence-corrected chi connectivity index (χ3v) is 4.13. The van der Waals surface area contributed by atoms with E-state index < -0.39 is 4.92 Å². The number of nitrogens with one attached hydrogen (secondary N) is 1. The fourth-order valence-electron chi connectivity index (χ4n) is 2.18. The van der Waals surface area contributed by atoms with Crippen molar-refractivity contribution in [2.24, 2.45) is 5.41 Å². The summed E-state index contributed by atoms with van der Waals surface area (Å²) in [6, 6.07) is 3.98. The van der Waals surface area contributed by atoms with Gasteiger partial charge in [-0.25, -0.2) is 0 Å². The summed E-state index contributed by atoms with van der Waals surface area (Å²) in [5.74, 6) is -0.268. The van der Waals surface area contributed by atoms with Crippen molar-refractivity contribution >= 4 is 23.2 Å². The van der Waals surface area contributed by atoms with Gasteiger partial charge in [-0.05, 0) is 36.8 Å². The maximum Gasteiger partial charge on any atom is 0.287 e. The van der Waals surface area contributed by atoms with E-state index in [9.17, 15) is 14.9 Å². The molecule has 1 aromatic carbocycles. The fraction of sp³-hybridized carbons (Fsp3) is 0.500. The Morgan fingerprint density at radius 3 is 2.76 bits per heavy atom. The molecule has 7 heteroatoms. The lowest BCUT2D eigenvalue weighted by molar-refractivity contribution is -0.384. The summed E-state index contributed by atoms with van der Waals surface area (Å²) in [5, 5.41) is 13.5. The van der Waals surface area contributed by atoms with Gasteiger partial charge in [0.1, 0.15) is 5.02 Å². The van der Waals surface area contributed by atoms with Gasteiger partial charge in [-0.1, -0.05) is 11.6 Å². The predicted octanol–water partition coefficient (Wildman–Crippen LogP) is 2.79. The highest BCUT2D eigenvalue weighted by Gasteiger charge is 2.42. The summed E-state index contributed by atoms with van der Waals surface area (Å²) >= 11 is 5.80. The number of ether oxygens (including phenoxy) is 1. The van der Waals surface area contributed by atoms with Gasteiger partial charge >= 0.3 is 0 Å². The Morgan fingerprint density at radius 2 is 2.24 bits per heavy atom. The fourth-order valence-corrected chi connectivity index (χ4v) is 2.43. The molecule has 114 valence electrons. The van der Waals surface area contributed by atoms with Gasteiger partial charge in [-0.2, -0.15) is 0 Å². The van der Waals surface area contributed by atoms with Gasteiger partial charge in [0.25, 0.3) is 11.6 Å². The Hall–Kier alpha value is -1.66. The van der Waals surface area contributed by atoms with Crippen LogP contribution in [0.1, 0.15) is 29.6 Å². The number of halogens is 1. The van der Waals surface area contributed by atoms with Crippen molar-refractivity contribution in [3.05, 3.63) is 38.9 Å². The van der Waals surface area contributed by atoms with E-state index >= 15 is 0 Å². The van der Waals surface area contributed by atoms with Crippen molar-refractivity contribution in [2.45, 2.75) is 19.3 Å². The van der Waals surface area contributed by atoms with E-state index in [4.69, 9.17) is 16.3 Å². The first kappa shape index (κ1) is 15.7. The lowest BCUT2D eigenvalue weighted by atomic mass is 10.0. The van der Waals surface area contributed by atoms with Gasteiger partial charge in [0, 0.05) is 31.9 Å². The molecule has 0 aromatic heterocycles. The highest BCUT2D eigenvalue weighted by molar-refractivity contribution is 6.33. The van der Waals surface area contributed by atoms with Crippen LogP contribution in [0.5, 0.6) is 0 Å².